The molecular formula is C15H34INO. The van der Waals surface area contributed by atoms with E-state index in [0.29, 0.717) is 6.73 Å². The van der Waals surface area contributed by atoms with E-state index >= 15 is 0 Å². The molecule has 0 aliphatic carbocycles. The highest BCUT2D eigenvalue weighted by molar-refractivity contribution is 4.47. The lowest BCUT2D eigenvalue weighted by molar-refractivity contribution is -0.945. The van der Waals surface area contributed by atoms with E-state index in [1.54, 1.807) is 0 Å². The Kier molecular flexibility index (Phi) is 16.4. The van der Waals surface area contributed by atoms with E-state index in [1.807, 2.05) is 0 Å². The number of halogens is 1. The van der Waals surface area contributed by atoms with E-state index in [0.717, 1.165) is 4.48 Å². The van der Waals surface area contributed by atoms with Gasteiger partial charge in [0.05, 0.1) is 19.6 Å². The van der Waals surface area contributed by atoms with Gasteiger partial charge in [0.1, 0.15) is 0 Å². The van der Waals surface area contributed by atoms with Crippen LogP contribution in [0.3, 0.4) is 0 Å². The molecule has 0 saturated heterocycles. The van der Waals surface area contributed by atoms with Crippen molar-refractivity contribution < 1.29 is 33.6 Å². The third-order valence-electron chi connectivity index (χ3n) is 3.76. The van der Waals surface area contributed by atoms with E-state index in [4.69, 9.17) is 0 Å². The zero-order chi connectivity index (χ0) is 13.0. The quantitative estimate of drug-likeness (QED) is 0.234. The molecule has 2 nitrogen and oxygen atoms in total. The van der Waals surface area contributed by atoms with Gasteiger partial charge in [-0.2, -0.15) is 0 Å². The summed E-state index contributed by atoms with van der Waals surface area (Å²) in [6.07, 6.45) is 10.2. The van der Waals surface area contributed by atoms with E-state index < -0.39 is 0 Å². The summed E-state index contributed by atoms with van der Waals surface area (Å²) in [5.74, 6) is 0. The van der Waals surface area contributed by atoms with Crippen LogP contribution in [0.5, 0.6) is 0 Å². The maximum absolute atomic E-state index is 9.77. The second-order valence-corrected chi connectivity index (χ2v) is 5.42. The van der Waals surface area contributed by atoms with Crippen LogP contribution in [0.4, 0.5) is 0 Å². The number of quaternary nitrogens is 1. The first-order valence-electron chi connectivity index (χ1n) is 7.70. The van der Waals surface area contributed by atoms with E-state index in [2.05, 4.69) is 20.8 Å². The molecule has 1 N–H and O–H groups in total. The number of hydrogen-bond acceptors (Lipinski definition) is 1. The zero-order valence-corrected chi connectivity index (χ0v) is 14.9. The van der Waals surface area contributed by atoms with Crippen molar-refractivity contribution in [3.8, 4) is 0 Å². The van der Waals surface area contributed by atoms with E-state index in [1.165, 1.54) is 71.0 Å². The second kappa shape index (κ2) is 14.1. The molecule has 0 aromatic carbocycles. The molecule has 0 unspecified atom stereocenters. The molecule has 3 heteroatoms. The molecule has 18 heavy (non-hydrogen) atoms. The Bertz CT molecular complexity index is 155. The predicted octanol–water partition coefficient (Wildman–Crippen LogP) is 0.938. The molecule has 0 heterocycles. The Hall–Kier alpha value is 0.650. The Morgan fingerprint density at radius 3 is 1.39 bits per heavy atom. The highest BCUT2D eigenvalue weighted by atomic mass is 127. The molecule has 0 aliphatic heterocycles. The summed E-state index contributed by atoms with van der Waals surface area (Å²) in [6, 6.07) is 0. The minimum absolute atomic E-state index is 0. The molecular weight excluding hydrogens is 337 g/mol. The van der Waals surface area contributed by atoms with Crippen molar-refractivity contribution in [1.82, 2.24) is 0 Å². The maximum Gasteiger partial charge on any atom is 0.180 e. The fourth-order valence-corrected chi connectivity index (χ4v) is 2.44. The predicted molar refractivity (Wildman–Crippen MR) is 75.9 cm³/mol. The van der Waals surface area contributed by atoms with Gasteiger partial charge in [-0.05, 0) is 32.1 Å². The number of rotatable bonds is 12. The largest absolute Gasteiger partial charge is 1.00 e. The highest BCUT2D eigenvalue weighted by Crippen LogP contribution is 2.14. The van der Waals surface area contributed by atoms with Crippen LogP contribution in [0.1, 0.15) is 72.1 Å². The van der Waals surface area contributed by atoms with Crippen LogP contribution in [0.2, 0.25) is 0 Å². The lowest BCUT2D eigenvalue weighted by atomic mass is 10.1. The molecule has 0 bridgehead atoms. The van der Waals surface area contributed by atoms with Crippen LogP contribution in [-0.4, -0.2) is 36.0 Å². The first kappa shape index (κ1) is 21.0. The van der Waals surface area contributed by atoms with E-state index in [9.17, 15) is 5.11 Å². The van der Waals surface area contributed by atoms with Crippen LogP contribution in [0.25, 0.3) is 0 Å². The average molecular weight is 371 g/mol. The van der Waals surface area contributed by atoms with Crippen LogP contribution in [0.15, 0.2) is 0 Å². The summed E-state index contributed by atoms with van der Waals surface area (Å²) in [5.41, 5.74) is 0. The van der Waals surface area contributed by atoms with Crippen molar-refractivity contribution in [3.63, 3.8) is 0 Å². The number of hydrogen-bond donors (Lipinski definition) is 1. The van der Waals surface area contributed by atoms with Gasteiger partial charge in [-0.3, -0.25) is 0 Å². The molecule has 0 radical (unpaired) electrons. The molecule has 0 spiro atoms. The van der Waals surface area contributed by atoms with Crippen LogP contribution in [-0.2, 0) is 0 Å². The third-order valence-corrected chi connectivity index (χ3v) is 3.76. The Labute approximate surface area is 132 Å². The Morgan fingerprint density at radius 1 is 0.667 bits per heavy atom. The number of aliphatic hydroxyl groups is 1. The minimum Gasteiger partial charge on any atom is -1.00 e. The molecule has 0 atom stereocenters. The monoisotopic (exact) mass is 371 g/mol. The summed E-state index contributed by atoms with van der Waals surface area (Å²) >= 11 is 0. The second-order valence-electron chi connectivity index (χ2n) is 5.42. The van der Waals surface area contributed by atoms with Gasteiger partial charge in [-0.15, -0.1) is 0 Å². The van der Waals surface area contributed by atoms with Gasteiger partial charge < -0.3 is 33.6 Å². The van der Waals surface area contributed by atoms with Crippen LogP contribution >= 0.6 is 0 Å². The standard InChI is InChI=1S/C15H34NO.HI/c1-4-7-10-13-16(15-17,12-9-6-3)14-11-8-5-2;/h17H,4-15H2,1-3H3;1H/q+1;/p-1. The van der Waals surface area contributed by atoms with E-state index in [-0.39, 0.29) is 24.0 Å². The summed E-state index contributed by atoms with van der Waals surface area (Å²) in [5, 5.41) is 9.77. The summed E-state index contributed by atoms with van der Waals surface area (Å²) in [6.45, 7) is 10.6. The SMILES string of the molecule is CCCCC[N+](CO)(CCCC)CCCCC.[I-]. The first-order chi connectivity index (χ1) is 8.24. The average Bonchev–Trinajstić information content (AvgIpc) is 2.36. The normalized spacial score (nSPS) is 11.3. The fourth-order valence-electron chi connectivity index (χ4n) is 2.44. The molecule has 112 valence electrons. The van der Waals surface area contributed by atoms with Gasteiger partial charge >= 0.3 is 0 Å². The smallest absolute Gasteiger partial charge is 0.180 e. The number of nitrogens with zero attached hydrogens (tertiary/aromatic N) is 1. The molecule has 0 fully saturated rings. The Morgan fingerprint density at radius 2 is 1.06 bits per heavy atom. The summed E-state index contributed by atoms with van der Waals surface area (Å²) < 4.78 is 0.952. The fraction of sp³-hybridized carbons (Fsp3) is 1.00. The number of aliphatic hydroxyl groups excluding tert-OH is 1. The molecule has 0 aromatic heterocycles. The van der Waals surface area contributed by atoms with Crippen molar-refractivity contribution in [2.75, 3.05) is 26.4 Å². The molecule has 0 aromatic rings. The summed E-state index contributed by atoms with van der Waals surface area (Å²) in [4.78, 5) is 0. The maximum atomic E-state index is 9.77. The zero-order valence-electron chi connectivity index (χ0n) is 12.8. The van der Waals surface area contributed by atoms with Crippen LogP contribution < -0.4 is 24.0 Å². The summed E-state index contributed by atoms with van der Waals surface area (Å²) in [7, 11) is 0. The number of unbranched alkanes of at least 4 members (excludes halogenated alkanes) is 5. The van der Waals surface area contributed by atoms with Gasteiger partial charge in [0.2, 0.25) is 0 Å². The molecule has 0 aliphatic rings. The lowest BCUT2D eigenvalue weighted by Gasteiger charge is -2.37. The van der Waals surface area contributed by atoms with Gasteiger partial charge in [0.25, 0.3) is 0 Å². The highest BCUT2D eigenvalue weighted by Gasteiger charge is 2.24. The third kappa shape index (κ3) is 9.56. The molecule has 0 amide bonds. The van der Waals surface area contributed by atoms with Gasteiger partial charge in [0, 0.05) is 0 Å². The van der Waals surface area contributed by atoms with Gasteiger partial charge in [0.15, 0.2) is 6.73 Å². The first-order valence-corrected chi connectivity index (χ1v) is 7.70. The van der Waals surface area contributed by atoms with Crippen molar-refractivity contribution in [1.29, 1.82) is 0 Å². The van der Waals surface area contributed by atoms with Crippen molar-refractivity contribution in [2.45, 2.75) is 72.1 Å². The minimum atomic E-state index is 0. The lowest BCUT2D eigenvalue weighted by Crippen LogP contribution is -3.00. The van der Waals surface area contributed by atoms with Crippen LogP contribution in [0, 0.1) is 0 Å². The van der Waals surface area contributed by atoms with Crippen molar-refractivity contribution in [3.05, 3.63) is 0 Å². The van der Waals surface area contributed by atoms with Crippen molar-refractivity contribution in [2.24, 2.45) is 0 Å². The molecule has 0 saturated carbocycles. The Balaban J connectivity index is 0. The van der Waals surface area contributed by atoms with Crippen molar-refractivity contribution >= 4 is 0 Å². The molecule has 0 rings (SSSR count). The topological polar surface area (TPSA) is 20.2 Å². The van der Waals surface area contributed by atoms with Gasteiger partial charge in [-0.25, -0.2) is 0 Å². The van der Waals surface area contributed by atoms with Gasteiger partial charge in [-0.1, -0.05) is 40.0 Å².